The molecule has 0 saturated carbocycles. The summed E-state index contributed by atoms with van der Waals surface area (Å²) < 4.78 is 1.20. The number of para-hydroxylation sites is 1. The normalized spacial score (nSPS) is 25.9. The number of hydrogen-bond donors (Lipinski definition) is 1. The molecule has 2 amide bonds. The third-order valence-corrected chi connectivity index (χ3v) is 7.48. The van der Waals surface area contributed by atoms with E-state index in [1.807, 2.05) is 30.4 Å². The number of amides is 2. The monoisotopic (exact) mass is 426 g/mol. The average molecular weight is 427 g/mol. The van der Waals surface area contributed by atoms with Crippen LogP contribution in [-0.4, -0.2) is 77.1 Å². The maximum absolute atomic E-state index is 12.6. The van der Waals surface area contributed by atoms with Crippen molar-refractivity contribution in [1.29, 1.82) is 0 Å². The molecule has 3 atom stereocenters. The second-order valence-corrected chi connectivity index (χ2v) is 9.36. The van der Waals surface area contributed by atoms with Gasteiger partial charge in [0.1, 0.15) is 0 Å². The maximum Gasteiger partial charge on any atom is 0.233 e. The third kappa shape index (κ3) is 3.64. The molecule has 2 aromatic rings. The van der Waals surface area contributed by atoms with Crippen LogP contribution in [0.15, 0.2) is 36.4 Å². The number of benzene rings is 1. The topological polar surface area (TPSA) is 77.0 Å². The van der Waals surface area contributed by atoms with E-state index >= 15 is 0 Å². The minimum atomic E-state index is -0.722. The van der Waals surface area contributed by atoms with Crippen LogP contribution >= 0.6 is 11.3 Å². The molecule has 1 N–H and O–H groups in total. The number of rotatable bonds is 5. The Hall–Kier alpha value is -2.29. The highest BCUT2D eigenvalue weighted by molar-refractivity contribution is 7.22. The molecule has 30 heavy (non-hydrogen) atoms. The molecule has 0 spiro atoms. The van der Waals surface area contributed by atoms with Crippen molar-refractivity contribution in [3.8, 4) is 0 Å². The van der Waals surface area contributed by atoms with Gasteiger partial charge in [0.15, 0.2) is 5.13 Å². The molecule has 3 heterocycles. The average Bonchev–Trinajstić information content (AvgIpc) is 3.30. The van der Waals surface area contributed by atoms with Crippen molar-refractivity contribution in [1.82, 2.24) is 14.8 Å². The lowest BCUT2D eigenvalue weighted by atomic mass is 9.85. The van der Waals surface area contributed by atoms with Gasteiger partial charge in [0.25, 0.3) is 0 Å². The number of hydrogen-bond acceptors (Lipinski definition) is 7. The number of β-amino-alcohol motifs (C(OH)–C–C–N with tert-alkyl or cyclic N) is 1. The quantitative estimate of drug-likeness (QED) is 0.580. The van der Waals surface area contributed by atoms with Gasteiger partial charge in [-0.15, -0.1) is 0 Å². The van der Waals surface area contributed by atoms with Gasteiger partial charge in [-0.2, -0.15) is 0 Å². The molecule has 1 aromatic carbocycles. The van der Waals surface area contributed by atoms with E-state index in [-0.39, 0.29) is 30.2 Å². The van der Waals surface area contributed by atoms with E-state index in [4.69, 9.17) is 4.98 Å². The molecule has 158 valence electrons. The Morgan fingerprint density at radius 2 is 1.67 bits per heavy atom. The highest BCUT2D eigenvalue weighted by atomic mass is 32.1. The van der Waals surface area contributed by atoms with E-state index in [9.17, 15) is 14.7 Å². The van der Waals surface area contributed by atoms with Crippen molar-refractivity contribution < 1.29 is 14.7 Å². The van der Waals surface area contributed by atoms with Gasteiger partial charge in [-0.3, -0.25) is 19.4 Å². The number of thiazole rings is 1. The minimum Gasteiger partial charge on any atom is -0.390 e. The molecule has 2 fully saturated rings. The standard InChI is InChI=1S/C22H26N4O3S/c27-15(14-26-20(28)16-5-1-2-6-17(16)21(26)29)13-24-9-11-25(12-10-24)22-23-18-7-3-4-8-19(18)30-22/h1-4,7-8,15-17,27H,5-6,9-14H2/t15?,16-,17+. The van der Waals surface area contributed by atoms with Crippen molar-refractivity contribution >= 4 is 38.5 Å². The smallest absolute Gasteiger partial charge is 0.233 e. The molecule has 0 bridgehead atoms. The summed E-state index contributed by atoms with van der Waals surface area (Å²) in [5.41, 5.74) is 1.03. The van der Waals surface area contributed by atoms with Crippen LogP contribution in [0.1, 0.15) is 12.8 Å². The number of nitrogens with zero attached hydrogens (tertiary/aromatic N) is 4. The van der Waals surface area contributed by atoms with E-state index < -0.39 is 6.10 Å². The Bertz CT molecular complexity index is 923. The second-order valence-electron chi connectivity index (χ2n) is 8.35. The van der Waals surface area contributed by atoms with Crippen molar-refractivity contribution in [3.63, 3.8) is 0 Å². The summed E-state index contributed by atoms with van der Waals surface area (Å²) >= 11 is 1.71. The Morgan fingerprint density at radius 3 is 2.33 bits per heavy atom. The lowest BCUT2D eigenvalue weighted by molar-refractivity contribution is -0.141. The van der Waals surface area contributed by atoms with E-state index in [1.165, 1.54) is 9.60 Å². The van der Waals surface area contributed by atoms with E-state index in [2.05, 4.69) is 15.9 Å². The molecular formula is C22H26N4O3S. The first-order valence-corrected chi connectivity index (χ1v) is 11.4. The van der Waals surface area contributed by atoms with Crippen molar-refractivity contribution in [2.45, 2.75) is 18.9 Å². The summed E-state index contributed by atoms with van der Waals surface area (Å²) in [7, 11) is 0. The first-order valence-electron chi connectivity index (χ1n) is 10.6. The van der Waals surface area contributed by atoms with Crippen molar-refractivity contribution in [3.05, 3.63) is 36.4 Å². The number of aromatic nitrogens is 1. The van der Waals surface area contributed by atoms with E-state index in [0.717, 1.165) is 36.8 Å². The van der Waals surface area contributed by atoms with Crippen LogP contribution in [-0.2, 0) is 9.59 Å². The predicted molar refractivity (Wildman–Crippen MR) is 116 cm³/mol. The lowest BCUT2D eigenvalue weighted by Crippen LogP contribution is -2.50. The summed E-state index contributed by atoms with van der Waals surface area (Å²) in [5, 5.41) is 11.6. The summed E-state index contributed by atoms with van der Waals surface area (Å²) in [5.74, 6) is -0.692. The molecule has 5 rings (SSSR count). The number of carbonyl (C=O) groups excluding carboxylic acids is 2. The molecule has 1 aromatic heterocycles. The molecular weight excluding hydrogens is 400 g/mol. The highest BCUT2D eigenvalue weighted by Crippen LogP contribution is 2.35. The number of piperazine rings is 1. The number of imide groups is 1. The number of aliphatic hydroxyl groups excluding tert-OH is 1. The van der Waals surface area contributed by atoms with Crippen molar-refractivity contribution in [2.24, 2.45) is 11.8 Å². The first kappa shape index (κ1) is 19.7. The summed E-state index contributed by atoms with van der Waals surface area (Å²) in [6, 6.07) is 8.17. The number of aliphatic hydroxyl groups is 1. The molecule has 1 unspecified atom stereocenters. The maximum atomic E-state index is 12.6. The number of allylic oxidation sites excluding steroid dienone is 2. The molecule has 0 radical (unpaired) electrons. The summed E-state index contributed by atoms with van der Waals surface area (Å²) in [4.78, 5) is 35.7. The third-order valence-electron chi connectivity index (χ3n) is 6.39. The lowest BCUT2D eigenvalue weighted by Gasteiger charge is -2.35. The van der Waals surface area contributed by atoms with Gasteiger partial charge >= 0.3 is 0 Å². The number of fused-ring (bicyclic) bond motifs is 2. The number of likely N-dealkylation sites (tertiary alicyclic amines) is 1. The highest BCUT2D eigenvalue weighted by Gasteiger charge is 2.47. The van der Waals surface area contributed by atoms with Gasteiger partial charge in [-0.05, 0) is 25.0 Å². The Kier molecular flexibility index (Phi) is 5.30. The van der Waals surface area contributed by atoms with Gasteiger partial charge in [-0.25, -0.2) is 4.98 Å². The first-order chi connectivity index (χ1) is 14.6. The SMILES string of the molecule is O=C1[C@H]2CC=CC[C@H]2C(=O)N1CC(O)CN1CCN(c2nc3ccccc3s2)CC1. The summed E-state index contributed by atoms with van der Waals surface area (Å²) in [6.45, 7) is 3.92. The van der Waals surface area contributed by atoms with Crippen LogP contribution in [0.25, 0.3) is 10.2 Å². The van der Waals surface area contributed by atoms with E-state index in [0.29, 0.717) is 19.4 Å². The summed E-state index contributed by atoms with van der Waals surface area (Å²) in [6.07, 6.45) is 4.51. The van der Waals surface area contributed by atoms with Crippen LogP contribution in [0.5, 0.6) is 0 Å². The molecule has 8 heteroatoms. The minimum absolute atomic E-state index is 0.1000. The second kappa shape index (κ2) is 8.09. The number of carbonyl (C=O) groups is 2. The molecule has 1 aliphatic carbocycles. The van der Waals surface area contributed by atoms with Gasteiger partial charge in [0, 0.05) is 32.7 Å². The van der Waals surface area contributed by atoms with Gasteiger partial charge in [0.2, 0.25) is 11.8 Å². The molecule has 2 saturated heterocycles. The largest absolute Gasteiger partial charge is 0.390 e. The molecule has 3 aliphatic rings. The Labute approximate surface area is 179 Å². The van der Waals surface area contributed by atoms with Gasteiger partial charge < -0.3 is 10.0 Å². The van der Waals surface area contributed by atoms with Crippen molar-refractivity contribution in [2.75, 3.05) is 44.2 Å². The van der Waals surface area contributed by atoms with Crippen LogP contribution in [0.2, 0.25) is 0 Å². The zero-order valence-electron chi connectivity index (χ0n) is 16.8. The predicted octanol–water partition coefficient (Wildman–Crippen LogP) is 1.73. The van der Waals surface area contributed by atoms with Gasteiger partial charge in [-0.1, -0.05) is 35.6 Å². The fourth-order valence-corrected chi connectivity index (χ4v) is 5.75. The van der Waals surface area contributed by atoms with Crippen LogP contribution in [0.3, 0.4) is 0 Å². The van der Waals surface area contributed by atoms with Gasteiger partial charge in [0.05, 0.1) is 34.7 Å². The molecule has 7 nitrogen and oxygen atoms in total. The van der Waals surface area contributed by atoms with Crippen LogP contribution in [0.4, 0.5) is 5.13 Å². The van der Waals surface area contributed by atoms with Crippen LogP contribution in [0, 0.1) is 11.8 Å². The number of anilines is 1. The van der Waals surface area contributed by atoms with E-state index in [1.54, 1.807) is 11.3 Å². The Morgan fingerprint density at radius 1 is 1.00 bits per heavy atom. The van der Waals surface area contributed by atoms with Crippen LogP contribution < -0.4 is 4.90 Å². The Balaban J connectivity index is 1.14. The fourth-order valence-electron chi connectivity index (χ4n) is 4.73. The zero-order valence-corrected chi connectivity index (χ0v) is 17.6. The zero-order chi connectivity index (χ0) is 20.7. The fraction of sp³-hybridized carbons (Fsp3) is 0.500. The molecule has 2 aliphatic heterocycles.